The Kier molecular flexibility index (Phi) is 4.20. The summed E-state index contributed by atoms with van der Waals surface area (Å²) in [6.45, 7) is 0.294. The molecule has 3 rings (SSSR count). The second-order valence-electron chi connectivity index (χ2n) is 4.88. The van der Waals surface area contributed by atoms with Gasteiger partial charge in [0.2, 0.25) is 11.7 Å². The standard InChI is InChI=1S/C16H15FN4O/c17-13-6-2-1-5-12(13)11(10-18)9-15-20-16(21-22-15)14-7-3-4-8-19-14/h1-8,11H,9-10,18H2. The third-order valence-electron chi connectivity index (χ3n) is 3.41. The van der Waals surface area contributed by atoms with Crippen LogP contribution in [0, 0.1) is 5.82 Å². The highest BCUT2D eigenvalue weighted by Crippen LogP contribution is 2.23. The first-order chi connectivity index (χ1) is 10.8. The van der Waals surface area contributed by atoms with Gasteiger partial charge in [0.15, 0.2) is 0 Å². The zero-order valence-corrected chi connectivity index (χ0v) is 11.8. The summed E-state index contributed by atoms with van der Waals surface area (Å²) in [6.07, 6.45) is 2.05. The van der Waals surface area contributed by atoms with Crippen molar-refractivity contribution in [1.82, 2.24) is 15.1 Å². The zero-order chi connectivity index (χ0) is 15.4. The topological polar surface area (TPSA) is 77.8 Å². The third kappa shape index (κ3) is 3.01. The van der Waals surface area contributed by atoms with Gasteiger partial charge < -0.3 is 10.3 Å². The van der Waals surface area contributed by atoms with Crippen LogP contribution in [0.15, 0.2) is 53.2 Å². The Morgan fingerprint density at radius 3 is 2.68 bits per heavy atom. The van der Waals surface area contributed by atoms with Gasteiger partial charge in [-0.05, 0) is 30.3 Å². The number of aromatic nitrogens is 3. The van der Waals surface area contributed by atoms with Gasteiger partial charge in [-0.15, -0.1) is 0 Å². The molecule has 22 heavy (non-hydrogen) atoms. The van der Waals surface area contributed by atoms with Crippen LogP contribution >= 0.6 is 0 Å². The molecule has 6 heteroatoms. The summed E-state index contributed by atoms with van der Waals surface area (Å²) >= 11 is 0. The molecule has 5 nitrogen and oxygen atoms in total. The largest absolute Gasteiger partial charge is 0.339 e. The van der Waals surface area contributed by atoms with Crippen molar-refractivity contribution >= 4 is 0 Å². The quantitative estimate of drug-likeness (QED) is 0.783. The highest BCUT2D eigenvalue weighted by atomic mass is 19.1. The van der Waals surface area contributed by atoms with Crippen molar-refractivity contribution < 1.29 is 8.91 Å². The Labute approximate surface area is 127 Å². The summed E-state index contributed by atoms with van der Waals surface area (Å²) in [6, 6.07) is 12.0. The van der Waals surface area contributed by atoms with Crippen LogP contribution in [0.5, 0.6) is 0 Å². The first kappa shape index (κ1) is 14.3. The molecule has 0 saturated carbocycles. The van der Waals surface area contributed by atoms with Gasteiger partial charge in [0.1, 0.15) is 11.5 Å². The van der Waals surface area contributed by atoms with Crippen LogP contribution < -0.4 is 5.73 Å². The van der Waals surface area contributed by atoms with Gasteiger partial charge >= 0.3 is 0 Å². The minimum absolute atomic E-state index is 0.210. The number of rotatable bonds is 5. The molecular weight excluding hydrogens is 283 g/mol. The van der Waals surface area contributed by atoms with Gasteiger partial charge in [-0.2, -0.15) is 4.98 Å². The fraction of sp³-hybridized carbons (Fsp3) is 0.188. The minimum atomic E-state index is -0.276. The van der Waals surface area contributed by atoms with Gasteiger partial charge in [-0.1, -0.05) is 29.4 Å². The summed E-state index contributed by atoms with van der Waals surface area (Å²) < 4.78 is 19.1. The lowest BCUT2D eigenvalue weighted by molar-refractivity contribution is 0.368. The first-order valence-electron chi connectivity index (χ1n) is 6.96. The molecule has 0 aliphatic rings. The average Bonchev–Trinajstić information content (AvgIpc) is 3.03. The van der Waals surface area contributed by atoms with Crippen LogP contribution in [0.2, 0.25) is 0 Å². The van der Waals surface area contributed by atoms with Gasteiger partial charge in [0.05, 0.1) is 0 Å². The van der Waals surface area contributed by atoms with E-state index in [1.165, 1.54) is 6.07 Å². The second kappa shape index (κ2) is 6.44. The molecule has 0 spiro atoms. The second-order valence-corrected chi connectivity index (χ2v) is 4.88. The summed E-state index contributed by atoms with van der Waals surface area (Å²) in [5.41, 5.74) is 6.96. The average molecular weight is 298 g/mol. The number of nitrogens with zero attached hydrogens (tertiary/aromatic N) is 3. The summed E-state index contributed by atoms with van der Waals surface area (Å²) in [5.74, 6) is 0.347. The van der Waals surface area contributed by atoms with E-state index in [0.29, 0.717) is 35.9 Å². The maximum atomic E-state index is 13.9. The molecular formula is C16H15FN4O. The maximum Gasteiger partial charge on any atom is 0.227 e. The molecule has 0 bridgehead atoms. The van der Waals surface area contributed by atoms with Crippen molar-refractivity contribution in [1.29, 1.82) is 0 Å². The van der Waals surface area contributed by atoms with Crippen LogP contribution in [-0.4, -0.2) is 21.7 Å². The molecule has 1 atom stereocenters. The molecule has 0 fully saturated rings. The van der Waals surface area contributed by atoms with E-state index in [4.69, 9.17) is 10.3 Å². The van der Waals surface area contributed by atoms with E-state index in [-0.39, 0.29) is 11.7 Å². The molecule has 1 unspecified atom stereocenters. The van der Waals surface area contributed by atoms with Gasteiger partial charge in [-0.25, -0.2) is 4.39 Å². The zero-order valence-electron chi connectivity index (χ0n) is 11.8. The molecule has 0 aliphatic heterocycles. The molecule has 2 N–H and O–H groups in total. The molecule has 112 valence electrons. The van der Waals surface area contributed by atoms with E-state index in [2.05, 4.69) is 15.1 Å². The highest BCUT2D eigenvalue weighted by molar-refractivity contribution is 5.47. The lowest BCUT2D eigenvalue weighted by Gasteiger charge is -2.13. The number of halogens is 1. The summed E-state index contributed by atoms with van der Waals surface area (Å²) in [7, 11) is 0. The predicted octanol–water partition coefficient (Wildman–Crippen LogP) is 2.56. The monoisotopic (exact) mass is 298 g/mol. The SMILES string of the molecule is NCC(Cc1nc(-c2ccccn2)no1)c1ccccc1F. The number of hydrogen-bond donors (Lipinski definition) is 1. The van der Waals surface area contributed by atoms with E-state index in [9.17, 15) is 4.39 Å². The van der Waals surface area contributed by atoms with Crippen LogP contribution in [-0.2, 0) is 6.42 Å². The van der Waals surface area contributed by atoms with Crippen molar-refractivity contribution in [3.05, 3.63) is 65.9 Å². The van der Waals surface area contributed by atoms with Crippen LogP contribution in [0.25, 0.3) is 11.5 Å². The number of hydrogen-bond acceptors (Lipinski definition) is 5. The number of benzene rings is 1. The van der Waals surface area contributed by atoms with E-state index < -0.39 is 0 Å². The first-order valence-corrected chi connectivity index (χ1v) is 6.96. The van der Waals surface area contributed by atoms with Crippen LogP contribution in [0.1, 0.15) is 17.4 Å². The highest BCUT2D eigenvalue weighted by Gasteiger charge is 2.18. The summed E-state index contributed by atoms with van der Waals surface area (Å²) in [4.78, 5) is 8.47. The summed E-state index contributed by atoms with van der Waals surface area (Å²) in [5, 5.41) is 3.91. The molecule has 0 radical (unpaired) electrons. The molecule has 3 aromatic rings. The molecule has 2 heterocycles. The van der Waals surface area contributed by atoms with E-state index >= 15 is 0 Å². The van der Waals surface area contributed by atoms with Crippen LogP contribution in [0.3, 0.4) is 0 Å². The van der Waals surface area contributed by atoms with E-state index in [0.717, 1.165) is 0 Å². The fourth-order valence-electron chi connectivity index (χ4n) is 2.27. The van der Waals surface area contributed by atoms with Gasteiger partial charge in [0.25, 0.3) is 0 Å². The van der Waals surface area contributed by atoms with Crippen molar-refractivity contribution in [3.63, 3.8) is 0 Å². The molecule has 0 aliphatic carbocycles. The Hall–Kier alpha value is -2.60. The van der Waals surface area contributed by atoms with Crippen molar-refractivity contribution in [2.75, 3.05) is 6.54 Å². The predicted molar refractivity (Wildman–Crippen MR) is 79.4 cm³/mol. The van der Waals surface area contributed by atoms with Gasteiger partial charge in [-0.3, -0.25) is 4.98 Å². The Bertz CT molecular complexity index is 745. The molecule has 0 saturated heterocycles. The van der Waals surface area contributed by atoms with Crippen LogP contribution in [0.4, 0.5) is 4.39 Å². The Morgan fingerprint density at radius 2 is 1.95 bits per heavy atom. The molecule has 1 aromatic carbocycles. The third-order valence-corrected chi connectivity index (χ3v) is 3.41. The minimum Gasteiger partial charge on any atom is -0.339 e. The number of pyridine rings is 1. The number of nitrogens with two attached hydrogens (primary N) is 1. The van der Waals surface area contributed by atoms with Crippen molar-refractivity contribution in [2.45, 2.75) is 12.3 Å². The molecule has 0 amide bonds. The fourth-order valence-corrected chi connectivity index (χ4v) is 2.27. The molecule has 2 aromatic heterocycles. The Balaban J connectivity index is 1.81. The van der Waals surface area contributed by atoms with E-state index in [1.54, 1.807) is 30.5 Å². The lowest BCUT2D eigenvalue weighted by atomic mass is 9.95. The van der Waals surface area contributed by atoms with Crippen molar-refractivity contribution in [3.8, 4) is 11.5 Å². The lowest BCUT2D eigenvalue weighted by Crippen LogP contribution is -2.16. The Morgan fingerprint density at radius 1 is 1.14 bits per heavy atom. The van der Waals surface area contributed by atoms with E-state index in [1.807, 2.05) is 12.1 Å². The maximum absolute atomic E-state index is 13.9. The smallest absolute Gasteiger partial charge is 0.227 e. The van der Waals surface area contributed by atoms with Gasteiger partial charge in [0, 0.05) is 18.5 Å². The normalized spacial score (nSPS) is 12.3. The van der Waals surface area contributed by atoms with Crippen molar-refractivity contribution in [2.24, 2.45) is 5.73 Å².